The Kier molecular flexibility index (Phi) is 7.67. The monoisotopic (exact) mass is 738 g/mol. The summed E-state index contributed by atoms with van der Waals surface area (Å²) >= 11 is 1.28. The Hall–Kier alpha value is -5.30. The van der Waals surface area contributed by atoms with Crippen molar-refractivity contribution in [3.8, 4) is 34.8 Å². The SMILES string of the molecule is COc1c(C)cc2c(c1O)[C@@H]1N[C@@H](C2)[C@H](C#N)N2C1[C@@H]1SC[C@H](N3C(=O)c4ccccc4C3=O)C(=O)OC[C@H]2c2c3c(c(C)c(OC(C)=O)c21)OCO3. The van der Waals surface area contributed by atoms with Gasteiger partial charge in [0.2, 0.25) is 6.79 Å². The van der Waals surface area contributed by atoms with Crippen LogP contribution in [-0.2, 0) is 20.7 Å². The smallest absolute Gasteiger partial charge is 0.330 e. The normalized spacial score (nSPS) is 27.9. The molecule has 53 heavy (non-hydrogen) atoms. The Morgan fingerprint density at radius 2 is 1.74 bits per heavy atom. The molecule has 2 saturated heterocycles. The van der Waals surface area contributed by atoms with Gasteiger partial charge in [-0.05, 0) is 43.5 Å². The van der Waals surface area contributed by atoms with Crippen molar-refractivity contribution in [2.24, 2.45) is 0 Å². The molecule has 7 aliphatic rings. The van der Waals surface area contributed by atoms with Gasteiger partial charge in [0.25, 0.3) is 11.8 Å². The molecule has 15 heteroatoms. The van der Waals surface area contributed by atoms with Gasteiger partial charge >= 0.3 is 11.9 Å². The van der Waals surface area contributed by atoms with Crippen LogP contribution in [0.3, 0.4) is 0 Å². The molecule has 0 saturated carbocycles. The van der Waals surface area contributed by atoms with Gasteiger partial charge in [0.1, 0.15) is 24.4 Å². The van der Waals surface area contributed by atoms with Crippen molar-refractivity contribution < 1.29 is 48.0 Å². The van der Waals surface area contributed by atoms with Gasteiger partial charge in [-0.25, -0.2) is 4.79 Å². The van der Waals surface area contributed by atoms with E-state index in [1.807, 2.05) is 17.9 Å². The molecule has 2 N–H and O–H groups in total. The average Bonchev–Trinajstić information content (AvgIpc) is 3.72. The van der Waals surface area contributed by atoms with E-state index in [2.05, 4.69) is 11.4 Å². The predicted molar refractivity (Wildman–Crippen MR) is 186 cm³/mol. The second-order valence-corrected chi connectivity index (χ2v) is 15.2. The van der Waals surface area contributed by atoms with E-state index >= 15 is 0 Å². The van der Waals surface area contributed by atoms with Crippen LogP contribution in [0.4, 0.5) is 0 Å². The average molecular weight is 739 g/mol. The third-order valence-electron chi connectivity index (χ3n) is 11.3. The molecular formula is C38H34N4O10S. The number of carbonyl (C=O) groups excluding carboxylic acids is 4. The number of hydrogen-bond acceptors (Lipinski definition) is 14. The minimum atomic E-state index is -1.30. The molecule has 0 spiro atoms. The Morgan fingerprint density at radius 3 is 2.42 bits per heavy atom. The fourth-order valence-corrected chi connectivity index (χ4v) is 10.8. The summed E-state index contributed by atoms with van der Waals surface area (Å²) in [6, 6.07) is 6.41. The molecule has 3 aromatic rings. The van der Waals surface area contributed by atoms with Gasteiger partial charge < -0.3 is 34.1 Å². The maximum Gasteiger partial charge on any atom is 0.330 e. The molecule has 2 fully saturated rings. The number of nitriles is 1. The van der Waals surface area contributed by atoms with Gasteiger partial charge in [-0.15, -0.1) is 11.8 Å². The molecule has 2 amide bonds. The summed E-state index contributed by atoms with van der Waals surface area (Å²) in [4.78, 5) is 57.4. The number of ether oxygens (including phenoxy) is 5. The second kappa shape index (κ2) is 12.1. The standard InChI is InChI=1S/C38H34N4O10S/c1-15-9-18-10-21-22(11-39)41-23-12-49-38(47)24(42-36(45)19-7-5-6-8-20(19)37(42)46)13-53-35(29(41)28(40-21)25(18)30(44)31(15)48-4)27-26(23)34-33(50-14-51-34)16(2)32(27)52-17(3)43/h5-9,21-24,28-29,35,40,44H,10,12-14H2,1-4H3/t21-,22-,23-,24-,28-,29?,35+/m0/s1. The number of phenolic OH excluding ortho intramolecular Hbond substituents is 1. The lowest BCUT2D eigenvalue weighted by atomic mass is 9.72. The molecule has 7 heterocycles. The number of aromatic hydroxyl groups is 1. The molecule has 14 nitrogen and oxygen atoms in total. The number of phenols is 1. The van der Waals surface area contributed by atoms with Crippen LogP contribution in [0.1, 0.15) is 78.4 Å². The first-order chi connectivity index (χ1) is 25.5. The van der Waals surface area contributed by atoms with Crippen molar-refractivity contribution in [3.63, 3.8) is 0 Å². The number of amides is 2. The molecule has 10 rings (SSSR count). The summed E-state index contributed by atoms with van der Waals surface area (Å²) in [5.41, 5.74) is 4.29. The summed E-state index contributed by atoms with van der Waals surface area (Å²) in [5.74, 6) is -1.30. The van der Waals surface area contributed by atoms with Crippen LogP contribution < -0.4 is 24.3 Å². The molecule has 4 bridgehead atoms. The molecule has 0 aliphatic carbocycles. The highest BCUT2D eigenvalue weighted by Crippen LogP contribution is 2.62. The van der Waals surface area contributed by atoms with Crippen LogP contribution in [0.5, 0.6) is 28.7 Å². The number of nitrogens with one attached hydrogen (secondary N) is 1. The van der Waals surface area contributed by atoms with Crippen LogP contribution in [0.25, 0.3) is 0 Å². The van der Waals surface area contributed by atoms with Crippen LogP contribution in [0.2, 0.25) is 0 Å². The summed E-state index contributed by atoms with van der Waals surface area (Å²) in [6.07, 6.45) is 0.426. The topological polar surface area (TPSA) is 177 Å². The van der Waals surface area contributed by atoms with E-state index in [0.717, 1.165) is 16.0 Å². The van der Waals surface area contributed by atoms with E-state index in [1.165, 1.54) is 25.8 Å². The van der Waals surface area contributed by atoms with Crippen LogP contribution in [0.15, 0.2) is 30.3 Å². The molecule has 3 aromatic carbocycles. The first-order valence-electron chi connectivity index (χ1n) is 17.3. The Bertz CT molecular complexity index is 2180. The quantitative estimate of drug-likeness (QED) is 0.227. The summed E-state index contributed by atoms with van der Waals surface area (Å²) in [7, 11) is 1.49. The van der Waals surface area contributed by atoms with E-state index in [0.29, 0.717) is 45.9 Å². The first kappa shape index (κ1) is 33.5. The molecule has 7 aliphatic heterocycles. The van der Waals surface area contributed by atoms with Crippen LogP contribution >= 0.6 is 11.8 Å². The highest BCUT2D eigenvalue weighted by Gasteiger charge is 2.59. The fraction of sp³-hybridized carbons (Fsp3) is 0.395. The summed E-state index contributed by atoms with van der Waals surface area (Å²) < 4.78 is 29.8. The van der Waals surface area contributed by atoms with Crippen molar-refractivity contribution in [3.05, 3.63) is 74.8 Å². The molecule has 7 atom stereocenters. The fourth-order valence-electron chi connectivity index (χ4n) is 9.23. The number of rotatable bonds is 3. The number of imide groups is 1. The second-order valence-electron chi connectivity index (χ2n) is 14.0. The lowest BCUT2D eigenvalue weighted by molar-refractivity contribution is -0.151. The molecule has 1 unspecified atom stereocenters. The zero-order chi connectivity index (χ0) is 37.0. The lowest BCUT2D eigenvalue weighted by Gasteiger charge is -2.59. The van der Waals surface area contributed by atoms with Crippen LogP contribution in [0, 0.1) is 25.2 Å². The Balaban J connectivity index is 1.28. The van der Waals surface area contributed by atoms with Crippen molar-refractivity contribution in [2.75, 3.05) is 26.3 Å². The number of carbonyl (C=O) groups is 4. The number of nitrogens with zero attached hydrogens (tertiary/aromatic N) is 3. The third-order valence-corrected chi connectivity index (χ3v) is 12.6. The van der Waals surface area contributed by atoms with Crippen molar-refractivity contribution >= 4 is 35.5 Å². The summed E-state index contributed by atoms with van der Waals surface area (Å²) in [6.45, 7) is 4.52. The number of methoxy groups -OCH3 is 1. The zero-order valence-corrected chi connectivity index (χ0v) is 29.9. The van der Waals surface area contributed by atoms with Gasteiger partial charge in [-0.3, -0.25) is 24.2 Å². The highest BCUT2D eigenvalue weighted by molar-refractivity contribution is 7.99. The third kappa shape index (κ3) is 4.65. The number of benzene rings is 3. The zero-order valence-electron chi connectivity index (χ0n) is 29.1. The van der Waals surface area contributed by atoms with Crippen molar-refractivity contribution in [2.45, 2.75) is 68.7 Å². The maximum atomic E-state index is 14.1. The van der Waals surface area contributed by atoms with E-state index < -0.39 is 59.2 Å². The number of piperazine rings is 1. The van der Waals surface area contributed by atoms with Gasteiger partial charge in [-0.2, -0.15) is 5.26 Å². The van der Waals surface area contributed by atoms with Crippen molar-refractivity contribution in [1.82, 2.24) is 15.1 Å². The van der Waals surface area contributed by atoms with E-state index in [-0.39, 0.29) is 47.8 Å². The lowest BCUT2D eigenvalue weighted by Crippen LogP contribution is -2.69. The van der Waals surface area contributed by atoms with Gasteiger partial charge in [-0.1, -0.05) is 18.2 Å². The summed E-state index contributed by atoms with van der Waals surface area (Å²) in [5, 5.41) is 25.7. The molecular weight excluding hydrogens is 705 g/mol. The largest absolute Gasteiger partial charge is 0.504 e. The predicted octanol–water partition coefficient (Wildman–Crippen LogP) is 3.55. The molecule has 272 valence electrons. The van der Waals surface area contributed by atoms with Gasteiger partial charge in [0, 0.05) is 47.0 Å². The van der Waals surface area contributed by atoms with Crippen molar-refractivity contribution in [1.29, 1.82) is 5.26 Å². The van der Waals surface area contributed by atoms with Gasteiger partial charge in [0.15, 0.2) is 23.0 Å². The number of aryl methyl sites for hydroxylation is 1. The number of esters is 2. The minimum absolute atomic E-state index is 0.0237. The molecule has 0 radical (unpaired) electrons. The van der Waals surface area contributed by atoms with E-state index in [4.69, 9.17) is 23.7 Å². The van der Waals surface area contributed by atoms with E-state index in [9.17, 15) is 29.5 Å². The molecule has 0 aromatic heterocycles. The minimum Gasteiger partial charge on any atom is -0.504 e. The Labute approximate surface area is 307 Å². The number of hydrogen-bond donors (Lipinski definition) is 2. The maximum absolute atomic E-state index is 14.1. The number of thioether (sulfide) groups is 1. The number of fused-ring (bicyclic) bond motifs is 11. The first-order valence-corrected chi connectivity index (χ1v) is 18.3. The van der Waals surface area contributed by atoms with Crippen LogP contribution in [-0.4, -0.2) is 89.1 Å². The highest BCUT2D eigenvalue weighted by atomic mass is 32.2. The Morgan fingerprint density at radius 1 is 1.02 bits per heavy atom. The van der Waals surface area contributed by atoms with E-state index in [1.54, 1.807) is 31.2 Å². The van der Waals surface area contributed by atoms with Gasteiger partial charge in [0.05, 0.1) is 41.6 Å².